The van der Waals surface area contributed by atoms with E-state index in [1.807, 2.05) is 0 Å². The van der Waals surface area contributed by atoms with E-state index in [1.165, 1.54) is 5.56 Å². The molecule has 1 atom stereocenters. The Morgan fingerprint density at radius 2 is 2.25 bits per heavy atom. The monoisotopic (exact) mass is 217 g/mol. The first-order valence-electron chi connectivity index (χ1n) is 5.87. The fourth-order valence-corrected chi connectivity index (χ4v) is 1.68. The third-order valence-corrected chi connectivity index (χ3v) is 2.92. The van der Waals surface area contributed by atoms with E-state index in [4.69, 9.17) is 0 Å². The molecule has 2 rings (SSSR count). The Morgan fingerprint density at radius 1 is 1.44 bits per heavy atom. The molecule has 1 heterocycles. The van der Waals surface area contributed by atoms with E-state index < -0.39 is 0 Å². The van der Waals surface area contributed by atoms with Gasteiger partial charge < -0.3 is 10.3 Å². The largest absolute Gasteiger partial charge is 0.341 e. The van der Waals surface area contributed by atoms with E-state index in [-0.39, 0.29) is 0 Å². The van der Waals surface area contributed by atoms with E-state index >= 15 is 0 Å². The van der Waals surface area contributed by atoms with Crippen LogP contribution in [0.2, 0.25) is 0 Å². The lowest BCUT2D eigenvalue weighted by molar-refractivity contribution is 0.525. The quantitative estimate of drug-likeness (QED) is 0.826. The molecule has 3 nitrogen and oxygen atoms in total. The summed E-state index contributed by atoms with van der Waals surface area (Å²) in [7, 11) is 0. The Kier molecular flexibility index (Phi) is 3.25. The van der Waals surface area contributed by atoms with Gasteiger partial charge >= 0.3 is 0 Å². The first kappa shape index (κ1) is 11.1. The third-order valence-electron chi connectivity index (χ3n) is 2.92. The van der Waals surface area contributed by atoms with Gasteiger partial charge in [-0.05, 0) is 38.0 Å². The fourth-order valence-electron chi connectivity index (χ4n) is 1.68. The lowest BCUT2D eigenvalue weighted by atomic mass is 10.2. The molecule has 86 valence electrons. The molecule has 2 N–H and O–H groups in total. The van der Waals surface area contributed by atoms with Gasteiger partial charge in [-0.2, -0.15) is 0 Å². The minimum absolute atomic E-state index is 0.537. The Labute approximate surface area is 96.3 Å². The number of aromatic amines is 1. The third kappa shape index (κ3) is 2.42. The summed E-state index contributed by atoms with van der Waals surface area (Å²) in [5.41, 5.74) is 3.44. The highest BCUT2D eigenvalue weighted by atomic mass is 15.0. The number of nitrogens with one attached hydrogen (secondary N) is 2. The van der Waals surface area contributed by atoms with E-state index in [9.17, 15) is 0 Å². The standard InChI is InChI=1S/C13H19N3/c1-4-10(3)14-8-13-15-11-6-5-9(2)7-12(11)16-13/h5-7,10,14H,4,8H2,1-3H3,(H,15,16). The van der Waals surface area contributed by atoms with Crippen LogP contribution in [-0.2, 0) is 6.54 Å². The van der Waals surface area contributed by atoms with Crippen molar-refractivity contribution in [2.24, 2.45) is 0 Å². The van der Waals surface area contributed by atoms with Crippen LogP contribution in [0, 0.1) is 6.92 Å². The summed E-state index contributed by atoms with van der Waals surface area (Å²) in [5.74, 6) is 1.01. The first-order valence-corrected chi connectivity index (χ1v) is 5.87. The molecule has 0 radical (unpaired) electrons. The number of nitrogens with zero attached hydrogens (tertiary/aromatic N) is 1. The average molecular weight is 217 g/mol. The van der Waals surface area contributed by atoms with Gasteiger partial charge in [-0.1, -0.05) is 13.0 Å². The maximum Gasteiger partial charge on any atom is 0.121 e. The first-order chi connectivity index (χ1) is 7.69. The van der Waals surface area contributed by atoms with Crippen molar-refractivity contribution in [2.45, 2.75) is 39.8 Å². The summed E-state index contributed by atoms with van der Waals surface area (Å²) in [6, 6.07) is 6.83. The minimum Gasteiger partial charge on any atom is -0.341 e. The number of H-pyrrole nitrogens is 1. The van der Waals surface area contributed by atoms with E-state index in [0.717, 1.165) is 29.8 Å². The number of rotatable bonds is 4. The van der Waals surface area contributed by atoms with Gasteiger partial charge in [0.2, 0.25) is 0 Å². The van der Waals surface area contributed by atoms with Crippen LogP contribution in [0.5, 0.6) is 0 Å². The van der Waals surface area contributed by atoms with Gasteiger partial charge in [-0.25, -0.2) is 4.98 Å². The Morgan fingerprint density at radius 3 is 3.00 bits per heavy atom. The smallest absolute Gasteiger partial charge is 0.121 e. The Bertz CT molecular complexity index is 473. The van der Waals surface area contributed by atoms with Gasteiger partial charge in [0, 0.05) is 6.04 Å². The lowest BCUT2D eigenvalue weighted by Gasteiger charge is -2.08. The zero-order valence-corrected chi connectivity index (χ0v) is 10.2. The second-order valence-corrected chi connectivity index (χ2v) is 4.39. The summed E-state index contributed by atoms with van der Waals surface area (Å²) < 4.78 is 0. The Hall–Kier alpha value is -1.35. The Balaban J connectivity index is 2.13. The molecule has 1 unspecified atom stereocenters. The number of hydrogen-bond donors (Lipinski definition) is 2. The molecule has 2 aromatic rings. The number of aryl methyl sites for hydroxylation is 1. The average Bonchev–Trinajstić information content (AvgIpc) is 2.67. The topological polar surface area (TPSA) is 40.7 Å². The SMILES string of the molecule is CCC(C)NCc1nc2ccc(C)cc2[nH]1. The van der Waals surface area contributed by atoms with E-state index in [1.54, 1.807) is 0 Å². The number of hydrogen-bond acceptors (Lipinski definition) is 2. The molecule has 0 aliphatic rings. The molecule has 0 fully saturated rings. The molecule has 3 heteroatoms. The van der Waals surface area contributed by atoms with Crippen molar-refractivity contribution in [1.82, 2.24) is 15.3 Å². The molecule has 0 amide bonds. The van der Waals surface area contributed by atoms with Crippen molar-refractivity contribution >= 4 is 11.0 Å². The van der Waals surface area contributed by atoms with Crippen molar-refractivity contribution in [3.05, 3.63) is 29.6 Å². The maximum absolute atomic E-state index is 4.54. The number of imidazole rings is 1. The molecule has 1 aromatic carbocycles. The predicted molar refractivity (Wildman–Crippen MR) is 67.4 cm³/mol. The molecule has 0 aliphatic carbocycles. The van der Waals surface area contributed by atoms with Crippen LogP contribution in [0.25, 0.3) is 11.0 Å². The molecule has 0 saturated heterocycles. The molecular weight excluding hydrogens is 198 g/mol. The van der Waals surface area contributed by atoms with E-state index in [0.29, 0.717) is 6.04 Å². The highest BCUT2D eigenvalue weighted by Crippen LogP contribution is 2.13. The van der Waals surface area contributed by atoms with Crippen molar-refractivity contribution < 1.29 is 0 Å². The van der Waals surface area contributed by atoms with Crippen LogP contribution >= 0.6 is 0 Å². The number of aromatic nitrogens is 2. The highest BCUT2D eigenvalue weighted by molar-refractivity contribution is 5.75. The summed E-state index contributed by atoms with van der Waals surface area (Å²) in [6.07, 6.45) is 1.14. The number of benzene rings is 1. The zero-order chi connectivity index (χ0) is 11.5. The molecule has 0 bridgehead atoms. The normalized spacial score (nSPS) is 13.2. The minimum atomic E-state index is 0.537. The predicted octanol–water partition coefficient (Wildman–Crippen LogP) is 2.76. The summed E-state index contributed by atoms with van der Waals surface area (Å²) in [6.45, 7) is 7.27. The van der Waals surface area contributed by atoms with Gasteiger partial charge in [0.25, 0.3) is 0 Å². The van der Waals surface area contributed by atoms with Crippen molar-refractivity contribution in [3.8, 4) is 0 Å². The van der Waals surface area contributed by atoms with Crippen LogP contribution in [0.4, 0.5) is 0 Å². The van der Waals surface area contributed by atoms with Crippen molar-refractivity contribution in [2.75, 3.05) is 0 Å². The van der Waals surface area contributed by atoms with Gasteiger partial charge in [0.15, 0.2) is 0 Å². The summed E-state index contributed by atoms with van der Waals surface area (Å²) in [4.78, 5) is 7.88. The molecule has 0 spiro atoms. The lowest BCUT2D eigenvalue weighted by Crippen LogP contribution is -2.24. The summed E-state index contributed by atoms with van der Waals surface area (Å²) >= 11 is 0. The maximum atomic E-state index is 4.54. The zero-order valence-electron chi connectivity index (χ0n) is 10.2. The second-order valence-electron chi connectivity index (χ2n) is 4.39. The number of fused-ring (bicyclic) bond motifs is 1. The van der Waals surface area contributed by atoms with Crippen molar-refractivity contribution in [3.63, 3.8) is 0 Å². The van der Waals surface area contributed by atoms with Crippen LogP contribution in [-0.4, -0.2) is 16.0 Å². The highest BCUT2D eigenvalue weighted by Gasteiger charge is 2.03. The van der Waals surface area contributed by atoms with Crippen LogP contribution in [0.15, 0.2) is 18.2 Å². The molecule has 0 saturated carbocycles. The van der Waals surface area contributed by atoms with Crippen LogP contribution in [0.1, 0.15) is 31.7 Å². The van der Waals surface area contributed by atoms with Gasteiger partial charge in [0.1, 0.15) is 5.82 Å². The molecule has 16 heavy (non-hydrogen) atoms. The molecular formula is C13H19N3. The van der Waals surface area contributed by atoms with Gasteiger partial charge in [-0.3, -0.25) is 0 Å². The van der Waals surface area contributed by atoms with Gasteiger partial charge in [-0.15, -0.1) is 0 Å². The van der Waals surface area contributed by atoms with Crippen molar-refractivity contribution in [1.29, 1.82) is 0 Å². The molecule has 0 aliphatic heterocycles. The van der Waals surface area contributed by atoms with Crippen LogP contribution < -0.4 is 5.32 Å². The van der Waals surface area contributed by atoms with E-state index in [2.05, 4.69) is 54.3 Å². The van der Waals surface area contributed by atoms with Gasteiger partial charge in [0.05, 0.1) is 17.6 Å². The second kappa shape index (κ2) is 4.66. The fraction of sp³-hybridized carbons (Fsp3) is 0.462. The van der Waals surface area contributed by atoms with Crippen LogP contribution in [0.3, 0.4) is 0 Å². The summed E-state index contributed by atoms with van der Waals surface area (Å²) in [5, 5.41) is 3.43. The molecule has 1 aromatic heterocycles.